The predicted molar refractivity (Wildman–Crippen MR) is 80.7 cm³/mol. The van der Waals surface area contributed by atoms with Crippen molar-refractivity contribution in [3.05, 3.63) is 46.2 Å². The zero-order valence-electron chi connectivity index (χ0n) is 11.5. The van der Waals surface area contributed by atoms with Gasteiger partial charge in [0.2, 0.25) is 10.0 Å². The molecule has 0 spiro atoms. The lowest BCUT2D eigenvalue weighted by Crippen LogP contribution is -2.11. The van der Waals surface area contributed by atoms with Crippen molar-refractivity contribution in [1.29, 1.82) is 0 Å². The maximum absolute atomic E-state index is 11.3. The van der Waals surface area contributed by atoms with E-state index in [2.05, 4.69) is 9.82 Å². The fourth-order valence-electron chi connectivity index (χ4n) is 1.95. The summed E-state index contributed by atoms with van der Waals surface area (Å²) in [5, 5.41) is 5.05. The predicted octanol–water partition coefficient (Wildman–Crippen LogP) is 2.57. The van der Waals surface area contributed by atoms with Crippen LogP contribution in [0.4, 0.5) is 5.69 Å². The molecular weight excluding hydrogens is 298 g/mol. The molecule has 0 aliphatic carbocycles. The number of hydrogen-bond donors (Lipinski definition) is 1. The van der Waals surface area contributed by atoms with Gasteiger partial charge in [0.25, 0.3) is 0 Å². The minimum absolute atomic E-state index is 0.543. The Morgan fingerprint density at radius 2 is 1.85 bits per heavy atom. The molecule has 0 amide bonds. The number of nitrogens with one attached hydrogen (secondary N) is 1. The van der Waals surface area contributed by atoms with Crippen molar-refractivity contribution < 1.29 is 8.42 Å². The number of sulfonamides is 1. The third-order valence-corrected chi connectivity index (χ3v) is 3.74. The number of aromatic nitrogens is 2. The molecule has 7 heteroatoms. The van der Waals surface area contributed by atoms with Crippen LogP contribution in [-0.2, 0) is 16.6 Å². The number of halogens is 1. The summed E-state index contributed by atoms with van der Waals surface area (Å²) in [6.07, 6.45) is 1.13. The number of rotatable bonds is 4. The van der Waals surface area contributed by atoms with Gasteiger partial charge in [-0.25, -0.2) is 8.42 Å². The molecule has 2 rings (SSSR count). The largest absolute Gasteiger partial charge is 0.280 e. The third-order valence-electron chi connectivity index (χ3n) is 2.91. The SMILES string of the molecule is Cc1nn(Cc2ccc(Cl)cc2)c(C)c1NS(C)(=O)=O. The van der Waals surface area contributed by atoms with Crippen molar-refractivity contribution in [2.24, 2.45) is 0 Å². The summed E-state index contributed by atoms with van der Waals surface area (Å²) in [7, 11) is -3.31. The Balaban J connectivity index is 2.30. The summed E-state index contributed by atoms with van der Waals surface area (Å²) in [6.45, 7) is 4.18. The fraction of sp³-hybridized carbons (Fsp3) is 0.308. The normalized spacial score (nSPS) is 11.6. The zero-order chi connectivity index (χ0) is 14.9. The molecule has 0 atom stereocenters. The van der Waals surface area contributed by atoms with E-state index in [4.69, 9.17) is 11.6 Å². The van der Waals surface area contributed by atoms with Crippen LogP contribution in [0, 0.1) is 13.8 Å². The molecule has 108 valence electrons. The molecule has 1 aromatic carbocycles. The van der Waals surface area contributed by atoms with Gasteiger partial charge in [-0.2, -0.15) is 5.10 Å². The lowest BCUT2D eigenvalue weighted by Gasteiger charge is -2.06. The van der Waals surface area contributed by atoms with Gasteiger partial charge in [-0.05, 0) is 31.5 Å². The maximum atomic E-state index is 11.3. The minimum Gasteiger partial charge on any atom is -0.280 e. The Morgan fingerprint density at radius 3 is 2.40 bits per heavy atom. The van der Waals surface area contributed by atoms with E-state index >= 15 is 0 Å². The molecule has 1 N–H and O–H groups in total. The minimum atomic E-state index is -3.31. The highest BCUT2D eigenvalue weighted by Crippen LogP contribution is 2.21. The Hall–Kier alpha value is -1.53. The quantitative estimate of drug-likeness (QED) is 0.943. The van der Waals surface area contributed by atoms with Crippen LogP contribution in [0.25, 0.3) is 0 Å². The number of hydrogen-bond acceptors (Lipinski definition) is 3. The molecule has 0 bridgehead atoms. The Morgan fingerprint density at radius 1 is 1.25 bits per heavy atom. The van der Waals surface area contributed by atoms with Gasteiger partial charge in [-0.1, -0.05) is 23.7 Å². The van der Waals surface area contributed by atoms with Crippen molar-refractivity contribution in [2.45, 2.75) is 20.4 Å². The van der Waals surface area contributed by atoms with Crippen LogP contribution in [0.1, 0.15) is 17.0 Å². The zero-order valence-corrected chi connectivity index (χ0v) is 13.1. The number of benzene rings is 1. The lowest BCUT2D eigenvalue weighted by molar-refractivity contribution is 0.606. The summed E-state index contributed by atoms with van der Waals surface area (Å²) >= 11 is 5.85. The van der Waals surface area contributed by atoms with Crippen molar-refractivity contribution in [3.63, 3.8) is 0 Å². The highest BCUT2D eigenvalue weighted by Gasteiger charge is 2.14. The average Bonchev–Trinajstić information content (AvgIpc) is 2.58. The van der Waals surface area contributed by atoms with E-state index in [1.54, 1.807) is 11.6 Å². The fourth-order valence-corrected chi connectivity index (χ4v) is 2.74. The molecule has 5 nitrogen and oxygen atoms in total. The van der Waals surface area contributed by atoms with Gasteiger partial charge in [-0.3, -0.25) is 9.40 Å². The molecule has 20 heavy (non-hydrogen) atoms. The van der Waals surface area contributed by atoms with Crippen LogP contribution in [0.3, 0.4) is 0 Å². The summed E-state index contributed by atoms with van der Waals surface area (Å²) in [5.74, 6) is 0. The second-order valence-electron chi connectivity index (χ2n) is 4.70. The van der Waals surface area contributed by atoms with E-state index in [9.17, 15) is 8.42 Å². The topological polar surface area (TPSA) is 64.0 Å². The van der Waals surface area contributed by atoms with Crippen LogP contribution in [0.2, 0.25) is 5.02 Å². The van der Waals surface area contributed by atoms with Gasteiger partial charge in [0.05, 0.1) is 29.9 Å². The average molecular weight is 314 g/mol. The van der Waals surface area contributed by atoms with Crippen molar-refractivity contribution >= 4 is 27.3 Å². The molecule has 0 unspecified atom stereocenters. The molecule has 0 radical (unpaired) electrons. The first-order chi connectivity index (χ1) is 9.26. The van der Waals surface area contributed by atoms with Crippen LogP contribution >= 0.6 is 11.6 Å². The molecule has 0 aliphatic heterocycles. The number of anilines is 1. The second kappa shape index (κ2) is 5.46. The van der Waals surface area contributed by atoms with Crippen molar-refractivity contribution in [3.8, 4) is 0 Å². The molecule has 0 saturated heterocycles. The first kappa shape index (κ1) is 14.9. The van der Waals surface area contributed by atoms with Gasteiger partial charge in [0, 0.05) is 5.02 Å². The van der Waals surface area contributed by atoms with Gasteiger partial charge in [0.1, 0.15) is 0 Å². The van der Waals surface area contributed by atoms with E-state index < -0.39 is 10.0 Å². The summed E-state index contributed by atoms with van der Waals surface area (Å²) in [5.41, 5.74) is 3.03. The first-order valence-electron chi connectivity index (χ1n) is 6.02. The monoisotopic (exact) mass is 313 g/mol. The Bertz CT molecular complexity index is 721. The molecule has 1 heterocycles. The highest BCUT2D eigenvalue weighted by molar-refractivity contribution is 7.92. The first-order valence-corrected chi connectivity index (χ1v) is 8.29. The Labute approximate surface area is 123 Å². The number of aryl methyl sites for hydroxylation is 1. The Kier molecular flexibility index (Phi) is 4.06. The molecule has 0 aliphatic rings. The summed E-state index contributed by atoms with van der Waals surface area (Å²) in [4.78, 5) is 0. The maximum Gasteiger partial charge on any atom is 0.229 e. The summed E-state index contributed by atoms with van der Waals surface area (Å²) < 4.78 is 27.0. The van der Waals surface area contributed by atoms with E-state index in [1.807, 2.05) is 31.2 Å². The van der Waals surface area contributed by atoms with E-state index in [0.29, 0.717) is 22.9 Å². The van der Waals surface area contributed by atoms with Crippen molar-refractivity contribution in [1.82, 2.24) is 9.78 Å². The van der Waals surface area contributed by atoms with Crippen LogP contribution in [-0.4, -0.2) is 24.5 Å². The van der Waals surface area contributed by atoms with Gasteiger partial charge in [-0.15, -0.1) is 0 Å². The van der Waals surface area contributed by atoms with Crippen LogP contribution in [0.15, 0.2) is 24.3 Å². The van der Waals surface area contributed by atoms with Gasteiger partial charge >= 0.3 is 0 Å². The smallest absolute Gasteiger partial charge is 0.229 e. The van der Waals surface area contributed by atoms with E-state index in [-0.39, 0.29) is 0 Å². The molecule has 0 fully saturated rings. The standard InChI is InChI=1S/C13H16ClN3O2S/c1-9-13(16-20(3,18)19)10(2)17(15-9)8-11-4-6-12(14)7-5-11/h4-7,16H,8H2,1-3H3. The van der Waals surface area contributed by atoms with Gasteiger partial charge in [0.15, 0.2) is 0 Å². The number of nitrogens with zero attached hydrogens (tertiary/aromatic N) is 2. The molecule has 1 aromatic heterocycles. The molecule has 0 saturated carbocycles. The lowest BCUT2D eigenvalue weighted by atomic mass is 10.2. The second-order valence-corrected chi connectivity index (χ2v) is 6.89. The molecular formula is C13H16ClN3O2S. The van der Waals surface area contributed by atoms with Gasteiger partial charge < -0.3 is 0 Å². The highest BCUT2D eigenvalue weighted by atomic mass is 35.5. The third kappa shape index (κ3) is 3.52. The summed E-state index contributed by atoms with van der Waals surface area (Å²) in [6, 6.07) is 7.47. The van der Waals surface area contributed by atoms with Crippen molar-refractivity contribution in [2.75, 3.05) is 11.0 Å². The molecule has 2 aromatic rings. The van der Waals surface area contributed by atoms with E-state index in [1.165, 1.54) is 0 Å². The van der Waals surface area contributed by atoms with Crippen LogP contribution < -0.4 is 4.72 Å². The van der Waals surface area contributed by atoms with E-state index in [0.717, 1.165) is 17.5 Å². The van der Waals surface area contributed by atoms with Crippen LogP contribution in [0.5, 0.6) is 0 Å².